The van der Waals surface area contributed by atoms with Crippen molar-refractivity contribution >= 4 is 28.9 Å². The van der Waals surface area contributed by atoms with Crippen LogP contribution in [0.2, 0.25) is 0 Å². The second kappa shape index (κ2) is 12.6. The molecule has 0 bridgehead atoms. The molecule has 1 N–H and O–H groups in total. The largest absolute Gasteiger partial charge is 0.371 e. The van der Waals surface area contributed by atoms with E-state index in [0.29, 0.717) is 36.8 Å². The summed E-state index contributed by atoms with van der Waals surface area (Å²) in [4.78, 5) is 35.4. The number of hydrogen-bond donors (Lipinski definition) is 1. The van der Waals surface area contributed by atoms with E-state index in [4.69, 9.17) is 0 Å². The Balaban J connectivity index is 1.32. The fourth-order valence-electron chi connectivity index (χ4n) is 6.44. The van der Waals surface area contributed by atoms with E-state index in [1.54, 1.807) is 7.05 Å². The number of amides is 2. The molecule has 2 saturated heterocycles. The molecule has 2 fully saturated rings. The quantitative estimate of drug-likeness (QED) is 0.479. The van der Waals surface area contributed by atoms with Gasteiger partial charge in [-0.1, -0.05) is 36.4 Å². The smallest absolute Gasteiger partial charge is 0.254 e. The number of likely N-dealkylation sites (N-methyl/N-ethyl adjacent to an activating group) is 1. The van der Waals surface area contributed by atoms with Crippen LogP contribution in [0.25, 0.3) is 0 Å². The second-order valence-corrected chi connectivity index (χ2v) is 11.3. The molecule has 218 valence electrons. The van der Waals surface area contributed by atoms with E-state index in [1.165, 1.54) is 0 Å². The van der Waals surface area contributed by atoms with Crippen molar-refractivity contribution in [3.05, 3.63) is 89.0 Å². The van der Waals surface area contributed by atoms with Crippen LogP contribution in [0, 0.1) is 25.2 Å². The molecule has 0 spiro atoms. The van der Waals surface area contributed by atoms with Gasteiger partial charge in [-0.25, -0.2) is 0 Å². The summed E-state index contributed by atoms with van der Waals surface area (Å²) in [6.45, 7) is 7.29. The van der Waals surface area contributed by atoms with Crippen LogP contribution in [0.5, 0.6) is 0 Å². The van der Waals surface area contributed by atoms with Gasteiger partial charge < -0.3 is 24.9 Å². The third kappa shape index (κ3) is 5.78. The van der Waals surface area contributed by atoms with Crippen molar-refractivity contribution < 1.29 is 9.59 Å². The average molecular weight is 565 g/mol. The number of carbonyl (C=O) groups is 2. The van der Waals surface area contributed by atoms with Crippen LogP contribution < -0.4 is 20.0 Å². The molecule has 0 aromatic heterocycles. The summed E-state index contributed by atoms with van der Waals surface area (Å²) >= 11 is 0. The second-order valence-electron chi connectivity index (χ2n) is 11.3. The number of benzene rings is 3. The third-order valence-corrected chi connectivity index (χ3v) is 8.84. The van der Waals surface area contributed by atoms with E-state index in [0.717, 1.165) is 54.1 Å². The monoisotopic (exact) mass is 564 g/mol. The standard InChI is InChI=1S/C34H40N6O2/c1-24-20-25(2)31(37(4)27-14-16-38(17-15-27)30-13-9-8-10-26(30)22-35)21-29(24)34(42)39-18-19-40(28-11-6-5-7-12-28)32(23-39)33(41)36-3/h5-13,20-21,27,32H,14-19,23H2,1-4H3,(H,36,41). The summed E-state index contributed by atoms with van der Waals surface area (Å²) in [6.07, 6.45) is 1.92. The minimum absolute atomic E-state index is 0.0355. The number of para-hydroxylation sites is 2. The lowest BCUT2D eigenvalue weighted by Gasteiger charge is -2.42. The van der Waals surface area contributed by atoms with Crippen LogP contribution in [-0.2, 0) is 4.79 Å². The summed E-state index contributed by atoms with van der Waals surface area (Å²) in [5.74, 6) is -0.132. The van der Waals surface area contributed by atoms with E-state index < -0.39 is 6.04 Å². The highest BCUT2D eigenvalue weighted by Gasteiger charge is 2.35. The maximum absolute atomic E-state index is 14.0. The van der Waals surface area contributed by atoms with Gasteiger partial charge in [0.1, 0.15) is 12.1 Å². The van der Waals surface area contributed by atoms with E-state index in [2.05, 4.69) is 46.1 Å². The SMILES string of the molecule is CNC(=O)C1CN(C(=O)c2cc(N(C)C3CCN(c4ccccc4C#N)CC3)c(C)cc2C)CCN1c1ccccc1. The first kappa shape index (κ1) is 29.0. The first-order valence-electron chi connectivity index (χ1n) is 14.7. The zero-order chi connectivity index (χ0) is 29.8. The molecule has 0 aliphatic carbocycles. The third-order valence-electron chi connectivity index (χ3n) is 8.84. The highest BCUT2D eigenvalue weighted by molar-refractivity contribution is 5.98. The van der Waals surface area contributed by atoms with Crippen LogP contribution in [0.1, 0.15) is 39.9 Å². The highest BCUT2D eigenvalue weighted by Crippen LogP contribution is 2.31. The Kier molecular flexibility index (Phi) is 8.67. The molecular weight excluding hydrogens is 524 g/mol. The van der Waals surface area contributed by atoms with Crippen LogP contribution >= 0.6 is 0 Å². The fraction of sp³-hybridized carbons (Fsp3) is 0.382. The van der Waals surface area contributed by atoms with Gasteiger partial charge in [-0.3, -0.25) is 9.59 Å². The molecule has 42 heavy (non-hydrogen) atoms. The zero-order valence-electron chi connectivity index (χ0n) is 25.0. The van der Waals surface area contributed by atoms with Crippen molar-refractivity contribution in [2.75, 3.05) is 61.5 Å². The molecule has 2 amide bonds. The van der Waals surface area contributed by atoms with Crippen molar-refractivity contribution in [2.45, 2.75) is 38.8 Å². The number of nitrogens with zero attached hydrogens (tertiary/aromatic N) is 5. The maximum atomic E-state index is 14.0. The summed E-state index contributed by atoms with van der Waals surface area (Å²) in [6, 6.07) is 24.0. The van der Waals surface area contributed by atoms with Gasteiger partial charge >= 0.3 is 0 Å². The van der Waals surface area contributed by atoms with Gasteiger partial charge in [-0.15, -0.1) is 0 Å². The van der Waals surface area contributed by atoms with E-state index in [-0.39, 0.29) is 11.8 Å². The predicted octanol–water partition coefficient (Wildman–Crippen LogP) is 4.36. The lowest BCUT2D eigenvalue weighted by atomic mass is 9.97. The van der Waals surface area contributed by atoms with E-state index in [1.807, 2.05) is 72.5 Å². The Morgan fingerprint density at radius 3 is 2.31 bits per heavy atom. The lowest BCUT2D eigenvalue weighted by molar-refractivity contribution is -0.122. The summed E-state index contributed by atoms with van der Waals surface area (Å²) < 4.78 is 0. The molecule has 3 aromatic carbocycles. The fourth-order valence-corrected chi connectivity index (χ4v) is 6.44. The minimum Gasteiger partial charge on any atom is -0.371 e. The molecule has 0 radical (unpaired) electrons. The molecule has 8 nitrogen and oxygen atoms in total. The Morgan fingerprint density at radius 2 is 1.62 bits per heavy atom. The van der Waals surface area contributed by atoms with Crippen LogP contribution in [0.15, 0.2) is 66.7 Å². The van der Waals surface area contributed by atoms with Gasteiger partial charge in [0.25, 0.3) is 5.91 Å². The normalized spacial score (nSPS) is 17.5. The van der Waals surface area contributed by atoms with E-state index >= 15 is 0 Å². The molecule has 2 aliphatic heterocycles. The van der Waals surface area contributed by atoms with Crippen molar-refractivity contribution in [3.8, 4) is 6.07 Å². The summed E-state index contributed by atoms with van der Waals surface area (Å²) in [5, 5.41) is 12.3. The number of aryl methyl sites for hydroxylation is 2. The molecule has 8 heteroatoms. The number of nitriles is 1. The Labute approximate surface area is 249 Å². The van der Waals surface area contributed by atoms with E-state index in [9.17, 15) is 14.9 Å². The Morgan fingerprint density at radius 1 is 0.929 bits per heavy atom. The van der Waals surface area contributed by atoms with Crippen LogP contribution in [0.3, 0.4) is 0 Å². The summed E-state index contributed by atoms with van der Waals surface area (Å²) in [7, 11) is 3.76. The van der Waals surface area contributed by atoms with Gasteiger partial charge in [0.05, 0.1) is 17.8 Å². The molecule has 3 aromatic rings. The Bertz CT molecular complexity index is 1480. The van der Waals surface area contributed by atoms with Crippen molar-refractivity contribution in [1.29, 1.82) is 5.26 Å². The zero-order valence-corrected chi connectivity index (χ0v) is 25.0. The molecule has 0 saturated carbocycles. The molecule has 1 unspecified atom stereocenters. The van der Waals surface area contributed by atoms with Gasteiger partial charge in [0.15, 0.2) is 0 Å². The van der Waals surface area contributed by atoms with Gasteiger partial charge in [0.2, 0.25) is 5.91 Å². The van der Waals surface area contributed by atoms with Gasteiger partial charge in [-0.05, 0) is 68.1 Å². The minimum atomic E-state index is -0.459. The number of rotatable bonds is 6. The number of piperidine rings is 1. The van der Waals surface area contributed by atoms with Crippen molar-refractivity contribution in [1.82, 2.24) is 10.2 Å². The van der Waals surface area contributed by atoms with Crippen molar-refractivity contribution in [2.24, 2.45) is 0 Å². The molecule has 2 heterocycles. The Hall–Kier alpha value is -4.51. The number of hydrogen-bond acceptors (Lipinski definition) is 6. The van der Waals surface area contributed by atoms with Crippen molar-refractivity contribution in [3.63, 3.8) is 0 Å². The number of nitrogens with one attached hydrogen (secondary N) is 1. The first-order valence-corrected chi connectivity index (χ1v) is 14.7. The average Bonchev–Trinajstić information content (AvgIpc) is 3.04. The molecule has 2 aliphatic rings. The predicted molar refractivity (Wildman–Crippen MR) is 168 cm³/mol. The van der Waals surface area contributed by atoms with Gasteiger partial charge in [0, 0.05) is 63.3 Å². The van der Waals surface area contributed by atoms with Crippen LogP contribution in [0.4, 0.5) is 17.1 Å². The highest BCUT2D eigenvalue weighted by atomic mass is 16.2. The first-order chi connectivity index (χ1) is 20.3. The topological polar surface area (TPSA) is 82.9 Å². The molecule has 5 rings (SSSR count). The molecule has 1 atom stereocenters. The molecular formula is C34H40N6O2. The lowest BCUT2D eigenvalue weighted by Crippen LogP contribution is -2.60. The maximum Gasteiger partial charge on any atom is 0.254 e. The van der Waals surface area contributed by atoms with Crippen LogP contribution in [-0.4, -0.2) is 75.6 Å². The van der Waals surface area contributed by atoms with Gasteiger partial charge in [-0.2, -0.15) is 5.26 Å². The number of anilines is 3. The summed E-state index contributed by atoms with van der Waals surface area (Å²) in [5.41, 5.74) is 6.53. The number of carbonyl (C=O) groups excluding carboxylic acids is 2. The number of piperazine rings is 1.